The van der Waals surface area contributed by atoms with Crippen molar-refractivity contribution >= 4 is 38.3 Å². The molecule has 1 aliphatic rings. The lowest BCUT2D eigenvalue weighted by Gasteiger charge is -2.31. The highest BCUT2D eigenvalue weighted by molar-refractivity contribution is 7.93. The first-order chi connectivity index (χ1) is 17.8. The predicted molar refractivity (Wildman–Crippen MR) is 142 cm³/mol. The van der Waals surface area contributed by atoms with E-state index >= 15 is 0 Å². The lowest BCUT2D eigenvalue weighted by Crippen LogP contribution is -2.49. The second-order valence-corrected chi connectivity index (χ2v) is 11.0. The van der Waals surface area contributed by atoms with Crippen LogP contribution in [0.2, 0.25) is 0 Å². The van der Waals surface area contributed by atoms with Crippen LogP contribution in [0.5, 0.6) is 0 Å². The van der Waals surface area contributed by atoms with E-state index in [0.29, 0.717) is 29.6 Å². The number of carbonyl (C=O) groups is 2. The topological polar surface area (TPSA) is 86.8 Å². The number of nitrogens with zero attached hydrogens (tertiary/aromatic N) is 2. The van der Waals surface area contributed by atoms with Gasteiger partial charge < -0.3 is 10.2 Å². The molecule has 1 atom stereocenters. The molecular weight excluding hydrogens is 493 g/mol. The molecule has 0 aliphatic carbocycles. The maximum absolute atomic E-state index is 13.4. The van der Waals surface area contributed by atoms with Crippen LogP contribution in [0.15, 0.2) is 65.6 Å². The van der Waals surface area contributed by atoms with Crippen LogP contribution < -0.4 is 9.62 Å². The van der Waals surface area contributed by atoms with E-state index in [1.807, 2.05) is 32.0 Å². The third-order valence-corrected chi connectivity index (χ3v) is 8.49. The minimum atomic E-state index is -3.71. The van der Waals surface area contributed by atoms with Gasteiger partial charge in [0.25, 0.3) is 10.0 Å². The number of rotatable bonds is 11. The molecule has 0 saturated heterocycles. The fourth-order valence-corrected chi connectivity index (χ4v) is 6.54. The number of sulfonamides is 1. The first-order valence-electron chi connectivity index (χ1n) is 12.6. The molecule has 7 nitrogen and oxygen atoms in total. The summed E-state index contributed by atoms with van der Waals surface area (Å²) in [4.78, 5) is 28.1. The van der Waals surface area contributed by atoms with Crippen molar-refractivity contribution in [1.82, 2.24) is 10.2 Å². The Morgan fingerprint density at radius 3 is 2.41 bits per heavy atom. The maximum atomic E-state index is 13.4. The molecule has 196 valence electrons. The Morgan fingerprint density at radius 1 is 1.03 bits per heavy atom. The van der Waals surface area contributed by atoms with E-state index in [4.69, 9.17) is 0 Å². The van der Waals surface area contributed by atoms with Crippen molar-refractivity contribution in [3.63, 3.8) is 0 Å². The van der Waals surface area contributed by atoms with Gasteiger partial charge in [0.1, 0.15) is 11.9 Å². The van der Waals surface area contributed by atoms with Crippen molar-refractivity contribution in [2.75, 3.05) is 17.4 Å². The lowest BCUT2D eigenvalue weighted by atomic mass is 10.1. The van der Waals surface area contributed by atoms with E-state index in [9.17, 15) is 22.4 Å². The molecule has 0 aromatic heterocycles. The van der Waals surface area contributed by atoms with Crippen molar-refractivity contribution in [2.24, 2.45) is 0 Å². The zero-order chi connectivity index (χ0) is 26.6. The van der Waals surface area contributed by atoms with Gasteiger partial charge in [-0.25, -0.2) is 12.8 Å². The summed E-state index contributed by atoms with van der Waals surface area (Å²) in [5.41, 5.74) is 1.33. The lowest BCUT2D eigenvalue weighted by molar-refractivity contribution is -0.141. The molecule has 0 fully saturated rings. The Labute approximate surface area is 217 Å². The smallest absolute Gasteiger partial charge is 0.265 e. The van der Waals surface area contributed by atoms with Crippen molar-refractivity contribution in [1.29, 1.82) is 0 Å². The zero-order valence-corrected chi connectivity index (χ0v) is 21.9. The summed E-state index contributed by atoms with van der Waals surface area (Å²) in [5, 5.41) is 4.42. The standard InChI is InChI=1S/C28H32FN3O4S/c1-3-17-30-28(34)23(4-2)31(19-20-13-15-22(29)16-14-20)26(33)12-7-18-32-24-10-5-8-21-9-6-11-25(27(21)24)37(32,35)36/h5-6,8-11,13-16,23H,3-4,7,12,17-19H2,1-2H3,(H,30,34)/t23-/m0/s1. The van der Waals surface area contributed by atoms with E-state index in [-0.39, 0.29) is 48.5 Å². The molecule has 1 N–H and O–H groups in total. The van der Waals surface area contributed by atoms with Crippen LogP contribution >= 0.6 is 0 Å². The number of halogens is 1. The van der Waals surface area contributed by atoms with Gasteiger partial charge in [0.05, 0.1) is 10.6 Å². The number of amides is 2. The Hall–Kier alpha value is -3.46. The van der Waals surface area contributed by atoms with Gasteiger partial charge in [-0.2, -0.15) is 0 Å². The van der Waals surface area contributed by atoms with Crippen molar-refractivity contribution in [3.8, 4) is 0 Å². The van der Waals surface area contributed by atoms with Gasteiger partial charge in [-0.1, -0.05) is 50.2 Å². The molecule has 37 heavy (non-hydrogen) atoms. The highest BCUT2D eigenvalue weighted by Gasteiger charge is 2.35. The average molecular weight is 526 g/mol. The summed E-state index contributed by atoms with van der Waals surface area (Å²) in [6.07, 6.45) is 1.54. The second kappa shape index (κ2) is 11.3. The zero-order valence-electron chi connectivity index (χ0n) is 21.1. The minimum absolute atomic E-state index is 0.0666. The normalized spacial score (nSPS) is 14.5. The van der Waals surface area contributed by atoms with E-state index in [2.05, 4.69) is 5.32 Å². The van der Waals surface area contributed by atoms with E-state index in [0.717, 1.165) is 11.8 Å². The van der Waals surface area contributed by atoms with Crippen LogP contribution in [0.4, 0.5) is 10.1 Å². The van der Waals surface area contributed by atoms with Crippen LogP contribution in [0, 0.1) is 5.82 Å². The van der Waals surface area contributed by atoms with Crippen LogP contribution in [-0.4, -0.2) is 44.3 Å². The van der Waals surface area contributed by atoms with Crippen LogP contribution in [0.3, 0.4) is 0 Å². The third kappa shape index (κ3) is 5.46. The van der Waals surface area contributed by atoms with Crippen molar-refractivity contribution in [2.45, 2.75) is 57.0 Å². The molecule has 1 heterocycles. The number of carbonyl (C=O) groups excluding carboxylic acids is 2. The summed E-state index contributed by atoms with van der Waals surface area (Å²) < 4.78 is 41.3. The van der Waals surface area contributed by atoms with Gasteiger partial charge in [-0.15, -0.1) is 0 Å². The van der Waals surface area contributed by atoms with Gasteiger partial charge in [0, 0.05) is 31.4 Å². The van der Waals surface area contributed by atoms with Gasteiger partial charge in [-0.05, 0) is 54.5 Å². The first kappa shape index (κ1) is 26.6. The minimum Gasteiger partial charge on any atom is -0.354 e. The monoisotopic (exact) mass is 525 g/mol. The summed E-state index contributed by atoms with van der Waals surface area (Å²) >= 11 is 0. The summed E-state index contributed by atoms with van der Waals surface area (Å²) in [5.74, 6) is -0.864. The molecule has 0 saturated carbocycles. The molecule has 0 radical (unpaired) electrons. The Balaban J connectivity index is 1.51. The highest BCUT2D eigenvalue weighted by Crippen LogP contribution is 2.42. The van der Waals surface area contributed by atoms with Gasteiger partial charge in [-0.3, -0.25) is 13.9 Å². The molecule has 3 aromatic rings. The number of hydrogen-bond acceptors (Lipinski definition) is 4. The fourth-order valence-electron chi connectivity index (χ4n) is 4.79. The number of nitrogens with one attached hydrogen (secondary N) is 1. The van der Waals surface area contributed by atoms with E-state index in [1.165, 1.54) is 21.3 Å². The Bertz CT molecular complexity index is 1390. The van der Waals surface area contributed by atoms with Crippen LogP contribution in [0.1, 0.15) is 45.1 Å². The van der Waals surface area contributed by atoms with Gasteiger partial charge in [0.2, 0.25) is 11.8 Å². The molecular formula is C28H32FN3O4S. The average Bonchev–Trinajstić information content (AvgIpc) is 3.11. The summed E-state index contributed by atoms with van der Waals surface area (Å²) in [7, 11) is -3.71. The SMILES string of the molecule is CCCNC(=O)[C@H](CC)N(Cc1ccc(F)cc1)C(=O)CCCN1c2cccc3cccc(c23)S1(=O)=O. The number of anilines is 1. The largest absolute Gasteiger partial charge is 0.354 e. The second-order valence-electron chi connectivity index (χ2n) is 9.18. The molecule has 2 amide bonds. The van der Waals surface area contributed by atoms with Gasteiger partial charge >= 0.3 is 0 Å². The van der Waals surface area contributed by atoms with E-state index in [1.54, 1.807) is 30.3 Å². The van der Waals surface area contributed by atoms with Crippen molar-refractivity contribution in [3.05, 3.63) is 72.0 Å². The predicted octanol–water partition coefficient (Wildman–Crippen LogP) is 4.60. The first-order valence-corrected chi connectivity index (χ1v) is 14.1. The molecule has 3 aromatic carbocycles. The number of benzene rings is 3. The maximum Gasteiger partial charge on any atom is 0.265 e. The molecule has 1 aliphatic heterocycles. The molecule has 0 unspecified atom stereocenters. The molecule has 0 spiro atoms. The van der Waals surface area contributed by atoms with Crippen LogP contribution in [0.25, 0.3) is 10.8 Å². The Morgan fingerprint density at radius 2 is 1.73 bits per heavy atom. The van der Waals surface area contributed by atoms with Crippen molar-refractivity contribution < 1.29 is 22.4 Å². The van der Waals surface area contributed by atoms with E-state index < -0.39 is 16.1 Å². The highest BCUT2D eigenvalue weighted by atomic mass is 32.2. The molecule has 9 heteroatoms. The fraction of sp³-hybridized carbons (Fsp3) is 0.357. The molecule has 0 bridgehead atoms. The summed E-state index contributed by atoms with van der Waals surface area (Å²) in [6.45, 7) is 4.60. The quantitative estimate of drug-likeness (QED) is 0.396. The third-order valence-electron chi connectivity index (χ3n) is 6.63. The Kier molecular flexibility index (Phi) is 8.12. The molecule has 4 rings (SSSR count). The summed E-state index contributed by atoms with van der Waals surface area (Å²) in [6, 6.07) is 15.9. The number of hydrogen-bond donors (Lipinski definition) is 1. The van der Waals surface area contributed by atoms with Gasteiger partial charge in [0.15, 0.2) is 0 Å². The van der Waals surface area contributed by atoms with Crippen LogP contribution in [-0.2, 0) is 26.2 Å².